The Kier molecular flexibility index (Phi) is 7.11. The van der Waals surface area contributed by atoms with E-state index in [0.717, 1.165) is 12.8 Å². The first-order chi connectivity index (χ1) is 23.0. The van der Waals surface area contributed by atoms with E-state index in [9.17, 15) is 0 Å². The number of hydrogen-bond acceptors (Lipinski definition) is 0. The van der Waals surface area contributed by atoms with Crippen LogP contribution >= 0.6 is 0 Å². The number of aromatic nitrogens is 2. The van der Waals surface area contributed by atoms with Crippen molar-refractivity contribution in [3.05, 3.63) is 145 Å². The molecule has 8 rings (SSSR count). The summed E-state index contributed by atoms with van der Waals surface area (Å²) in [5.74, 6) is 0. The van der Waals surface area contributed by atoms with Gasteiger partial charge in [0.25, 0.3) is 0 Å². The minimum Gasteiger partial charge on any atom is -0.309 e. The van der Waals surface area contributed by atoms with E-state index < -0.39 is 0 Å². The molecule has 2 aromatic heterocycles. The molecule has 0 saturated heterocycles. The Bertz CT molecular complexity index is 2300. The summed E-state index contributed by atoms with van der Waals surface area (Å²) < 4.78 is 4.90. The topological polar surface area (TPSA) is 9.86 Å². The molecule has 0 saturated carbocycles. The maximum Gasteiger partial charge on any atom is 0.0543 e. The third kappa shape index (κ3) is 5.50. The van der Waals surface area contributed by atoms with Crippen LogP contribution in [-0.2, 0) is 12.8 Å². The van der Waals surface area contributed by atoms with Gasteiger partial charge in [0.05, 0.1) is 22.1 Å². The van der Waals surface area contributed by atoms with Crippen LogP contribution in [0.3, 0.4) is 0 Å². The lowest BCUT2D eigenvalue weighted by Gasteiger charge is -2.18. The number of para-hydroxylation sites is 2. The predicted molar refractivity (Wildman–Crippen MR) is 207 cm³/mol. The van der Waals surface area contributed by atoms with Crippen molar-refractivity contribution < 1.29 is 0 Å². The minimum absolute atomic E-state index is 0.222. The number of rotatable bonds is 5. The molecule has 8 aromatic rings. The summed E-state index contributed by atoms with van der Waals surface area (Å²) in [4.78, 5) is 0. The molecule has 6 aromatic carbocycles. The van der Waals surface area contributed by atoms with Crippen molar-refractivity contribution in [2.75, 3.05) is 0 Å². The van der Waals surface area contributed by atoms with Gasteiger partial charge >= 0.3 is 0 Å². The lowest BCUT2D eigenvalue weighted by atomic mass is 9.88. The second kappa shape index (κ2) is 11.3. The van der Waals surface area contributed by atoms with Crippen LogP contribution in [0.1, 0.15) is 52.7 Å². The van der Waals surface area contributed by atoms with E-state index in [4.69, 9.17) is 0 Å². The van der Waals surface area contributed by atoms with Gasteiger partial charge in [0, 0.05) is 32.9 Å². The van der Waals surface area contributed by atoms with Crippen molar-refractivity contribution >= 4 is 43.6 Å². The smallest absolute Gasteiger partial charge is 0.0543 e. The fourth-order valence-corrected chi connectivity index (χ4v) is 7.68. The van der Waals surface area contributed by atoms with Crippen molar-refractivity contribution in [3.8, 4) is 22.5 Å². The van der Waals surface area contributed by atoms with Crippen LogP contribution in [0.15, 0.2) is 133 Å². The first-order valence-electron chi connectivity index (χ1n) is 17.3. The van der Waals surface area contributed by atoms with Crippen LogP contribution in [0.2, 0.25) is 0 Å². The fourth-order valence-electron chi connectivity index (χ4n) is 7.68. The molecule has 0 radical (unpaired) electrons. The van der Waals surface area contributed by atoms with Crippen LogP contribution in [0, 0.1) is 10.8 Å². The molecule has 2 heteroatoms. The average Bonchev–Trinajstić information content (AvgIpc) is 3.55. The summed E-state index contributed by atoms with van der Waals surface area (Å²) in [5, 5.41) is 5.18. The third-order valence-electron chi connectivity index (χ3n) is 9.49. The molecule has 2 heterocycles. The van der Waals surface area contributed by atoms with E-state index in [1.54, 1.807) is 0 Å². The highest BCUT2D eigenvalue weighted by atomic mass is 15.0. The van der Waals surface area contributed by atoms with Gasteiger partial charge in [-0.2, -0.15) is 0 Å². The van der Waals surface area contributed by atoms with E-state index in [1.165, 1.54) is 77.2 Å². The van der Waals surface area contributed by atoms with Crippen LogP contribution < -0.4 is 0 Å². The SMILES string of the molecule is CC(C)(C)Cc1ccc2c3ccccc3n(-c3cccc(-c4cccc(-n5c6ccccc6c6ccc(CC(C)(C)C)cc65)c4)c3)c2c1. The van der Waals surface area contributed by atoms with Crippen molar-refractivity contribution in [1.82, 2.24) is 9.13 Å². The average molecular weight is 625 g/mol. The van der Waals surface area contributed by atoms with Gasteiger partial charge in [0.2, 0.25) is 0 Å². The second-order valence-corrected chi connectivity index (χ2v) is 16.0. The zero-order valence-electron chi connectivity index (χ0n) is 29.0. The molecular formula is C46H44N2. The minimum atomic E-state index is 0.222. The summed E-state index contributed by atoms with van der Waals surface area (Å²) in [6.07, 6.45) is 2.08. The first kappa shape index (κ1) is 30.3. The van der Waals surface area contributed by atoms with Crippen LogP contribution in [-0.4, -0.2) is 9.13 Å². The molecule has 0 fully saturated rings. The quantitative estimate of drug-likeness (QED) is 0.180. The van der Waals surface area contributed by atoms with Gasteiger partial charge in [-0.25, -0.2) is 0 Å². The molecule has 0 amide bonds. The molecule has 2 nitrogen and oxygen atoms in total. The van der Waals surface area contributed by atoms with E-state index in [1.807, 2.05) is 0 Å². The first-order valence-corrected chi connectivity index (χ1v) is 17.3. The third-order valence-corrected chi connectivity index (χ3v) is 9.49. The summed E-state index contributed by atoms with van der Waals surface area (Å²) in [6.45, 7) is 13.9. The maximum atomic E-state index is 2.45. The summed E-state index contributed by atoms with van der Waals surface area (Å²) >= 11 is 0. The Morgan fingerprint density at radius 1 is 0.375 bits per heavy atom. The lowest BCUT2D eigenvalue weighted by Crippen LogP contribution is -2.09. The lowest BCUT2D eigenvalue weighted by molar-refractivity contribution is 0.411. The summed E-state index contributed by atoms with van der Waals surface area (Å²) in [5.41, 5.74) is 13.0. The van der Waals surface area contributed by atoms with Gasteiger partial charge < -0.3 is 9.13 Å². The van der Waals surface area contributed by atoms with Gasteiger partial charge in [-0.05, 0) is 94.5 Å². The Hall–Kier alpha value is -5.08. The molecule has 48 heavy (non-hydrogen) atoms. The predicted octanol–water partition coefficient (Wildman–Crippen LogP) is 12.7. The Morgan fingerprint density at radius 3 is 1.19 bits per heavy atom. The molecular weight excluding hydrogens is 581 g/mol. The Balaban J connectivity index is 1.27. The highest BCUT2D eigenvalue weighted by molar-refractivity contribution is 6.10. The molecule has 0 N–H and O–H groups in total. The molecule has 0 unspecified atom stereocenters. The molecule has 0 atom stereocenters. The summed E-state index contributed by atoms with van der Waals surface area (Å²) in [7, 11) is 0. The normalized spacial score (nSPS) is 12.5. The van der Waals surface area contributed by atoms with Crippen LogP contribution in [0.25, 0.3) is 66.1 Å². The monoisotopic (exact) mass is 624 g/mol. The van der Waals surface area contributed by atoms with E-state index in [2.05, 4.69) is 184 Å². The van der Waals surface area contributed by atoms with Gasteiger partial charge in [0.1, 0.15) is 0 Å². The Morgan fingerprint density at radius 2 is 0.771 bits per heavy atom. The van der Waals surface area contributed by atoms with Gasteiger partial charge in [0.15, 0.2) is 0 Å². The van der Waals surface area contributed by atoms with Crippen molar-refractivity contribution in [1.29, 1.82) is 0 Å². The maximum absolute atomic E-state index is 2.45. The number of nitrogens with zero attached hydrogens (tertiary/aromatic N) is 2. The van der Waals surface area contributed by atoms with Crippen molar-refractivity contribution in [2.24, 2.45) is 10.8 Å². The molecule has 0 aliphatic rings. The highest BCUT2D eigenvalue weighted by Crippen LogP contribution is 2.37. The van der Waals surface area contributed by atoms with E-state index in [0.29, 0.717) is 0 Å². The molecule has 0 aliphatic heterocycles. The van der Waals surface area contributed by atoms with Crippen molar-refractivity contribution in [3.63, 3.8) is 0 Å². The fraction of sp³-hybridized carbons (Fsp3) is 0.217. The van der Waals surface area contributed by atoms with Gasteiger partial charge in [-0.1, -0.05) is 126 Å². The molecule has 238 valence electrons. The highest BCUT2D eigenvalue weighted by Gasteiger charge is 2.18. The summed E-state index contributed by atoms with van der Waals surface area (Å²) in [6, 6.07) is 49.8. The van der Waals surface area contributed by atoms with Gasteiger partial charge in [-0.3, -0.25) is 0 Å². The molecule has 0 bridgehead atoms. The zero-order chi connectivity index (χ0) is 33.2. The van der Waals surface area contributed by atoms with E-state index in [-0.39, 0.29) is 10.8 Å². The van der Waals surface area contributed by atoms with Crippen LogP contribution in [0.5, 0.6) is 0 Å². The standard InChI is InChI=1S/C46H44N2/c1-45(2,3)29-31-21-23-39-37-17-7-9-19-41(37)47(43(39)25-31)35-15-11-13-33(27-35)34-14-12-16-36(28-34)48-42-20-10-8-18-38(42)40-24-22-32(26-44(40)48)30-46(4,5)6/h7-28H,29-30H2,1-6H3. The Labute approximate surface area is 284 Å². The molecule has 0 spiro atoms. The van der Waals surface area contributed by atoms with Gasteiger partial charge in [-0.15, -0.1) is 0 Å². The van der Waals surface area contributed by atoms with Crippen LogP contribution in [0.4, 0.5) is 0 Å². The number of benzene rings is 6. The van der Waals surface area contributed by atoms with Crippen molar-refractivity contribution in [2.45, 2.75) is 54.4 Å². The second-order valence-electron chi connectivity index (χ2n) is 16.0. The largest absolute Gasteiger partial charge is 0.309 e. The van der Waals surface area contributed by atoms with E-state index >= 15 is 0 Å². The molecule has 0 aliphatic carbocycles. The number of hydrogen-bond donors (Lipinski definition) is 0. The zero-order valence-corrected chi connectivity index (χ0v) is 29.0. The number of fused-ring (bicyclic) bond motifs is 6.